The Morgan fingerprint density at radius 2 is 2.20 bits per heavy atom. The van der Waals surface area contributed by atoms with Crippen molar-refractivity contribution in [3.8, 4) is 11.8 Å². The summed E-state index contributed by atoms with van der Waals surface area (Å²) >= 11 is 0. The summed E-state index contributed by atoms with van der Waals surface area (Å²) in [6.45, 7) is 0.319. The average molecular weight is 268 g/mol. The first-order valence-corrected chi connectivity index (χ1v) is 6.39. The first-order chi connectivity index (χ1) is 9.78. The Morgan fingerprint density at radius 3 is 2.95 bits per heavy atom. The zero-order valence-corrected chi connectivity index (χ0v) is 11.1. The molecule has 1 heterocycles. The van der Waals surface area contributed by atoms with Gasteiger partial charge < -0.3 is 15.5 Å². The van der Waals surface area contributed by atoms with Crippen LogP contribution in [0.2, 0.25) is 0 Å². The Hall–Kier alpha value is -2.51. The van der Waals surface area contributed by atoms with Gasteiger partial charge in [0.15, 0.2) is 0 Å². The van der Waals surface area contributed by atoms with Crippen LogP contribution < -0.4 is 11.1 Å². The molecule has 0 bridgehead atoms. The van der Waals surface area contributed by atoms with Crippen molar-refractivity contribution in [2.45, 2.75) is 12.8 Å². The number of furan rings is 1. The van der Waals surface area contributed by atoms with Crippen molar-refractivity contribution < 1.29 is 9.21 Å². The van der Waals surface area contributed by atoms with Gasteiger partial charge in [-0.15, -0.1) is 0 Å². The van der Waals surface area contributed by atoms with Crippen molar-refractivity contribution in [3.05, 3.63) is 54.0 Å². The van der Waals surface area contributed by atoms with Crippen LogP contribution in [0.15, 0.2) is 47.1 Å². The lowest BCUT2D eigenvalue weighted by Crippen LogP contribution is -2.12. The molecule has 4 heteroatoms. The third-order valence-corrected chi connectivity index (χ3v) is 2.66. The standard InChI is InChI=1S/C16H16N2O2/c17-10-2-5-13-4-1-6-14(12-13)18-16(19)9-8-15-7-3-11-20-15/h1,3-4,6-7,11-12H,8-10,17H2,(H,18,19). The molecule has 2 aromatic rings. The van der Waals surface area contributed by atoms with Gasteiger partial charge in [0, 0.05) is 24.1 Å². The van der Waals surface area contributed by atoms with E-state index < -0.39 is 0 Å². The molecule has 0 aliphatic heterocycles. The van der Waals surface area contributed by atoms with E-state index in [1.807, 2.05) is 36.4 Å². The fourth-order valence-corrected chi connectivity index (χ4v) is 1.74. The van der Waals surface area contributed by atoms with Crippen LogP contribution >= 0.6 is 0 Å². The first kappa shape index (κ1) is 13.9. The second kappa shape index (κ2) is 7.17. The Morgan fingerprint density at radius 1 is 1.30 bits per heavy atom. The third-order valence-electron chi connectivity index (χ3n) is 2.66. The molecule has 0 radical (unpaired) electrons. The molecule has 0 atom stereocenters. The molecule has 1 aromatic heterocycles. The van der Waals surface area contributed by atoms with Crippen molar-refractivity contribution >= 4 is 11.6 Å². The van der Waals surface area contributed by atoms with E-state index in [-0.39, 0.29) is 5.91 Å². The Balaban J connectivity index is 1.90. The number of carbonyl (C=O) groups excluding carboxylic acids is 1. The van der Waals surface area contributed by atoms with E-state index in [0.29, 0.717) is 19.4 Å². The van der Waals surface area contributed by atoms with Crippen LogP contribution in [0.3, 0.4) is 0 Å². The van der Waals surface area contributed by atoms with Crippen LogP contribution in [0.1, 0.15) is 17.7 Å². The van der Waals surface area contributed by atoms with Crippen molar-refractivity contribution in [2.75, 3.05) is 11.9 Å². The molecule has 1 aromatic carbocycles. The highest BCUT2D eigenvalue weighted by Crippen LogP contribution is 2.11. The fourth-order valence-electron chi connectivity index (χ4n) is 1.74. The lowest BCUT2D eigenvalue weighted by molar-refractivity contribution is -0.116. The molecule has 3 N–H and O–H groups in total. The number of benzene rings is 1. The van der Waals surface area contributed by atoms with Gasteiger partial charge in [-0.05, 0) is 30.3 Å². The summed E-state index contributed by atoms with van der Waals surface area (Å²) < 4.78 is 5.19. The molecule has 2 rings (SSSR count). The maximum atomic E-state index is 11.8. The summed E-state index contributed by atoms with van der Waals surface area (Å²) in [7, 11) is 0. The van der Waals surface area contributed by atoms with Gasteiger partial charge in [-0.3, -0.25) is 4.79 Å². The predicted molar refractivity (Wildman–Crippen MR) is 78.0 cm³/mol. The smallest absolute Gasteiger partial charge is 0.224 e. The molecule has 0 aliphatic rings. The largest absolute Gasteiger partial charge is 0.469 e. The Labute approximate surface area is 118 Å². The minimum absolute atomic E-state index is 0.0506. The predicted octanol–water partition coefficient (Wildman–Crippen LogP) is 2.16. The molecule has 0 unspecified atom stereocenters. The van der Waals surface area contributed by atoms with E-state index in [4.69, 9.17) is 10.2 Å². The summed E-state index contributed by atoms with van der Waals surface area (Å²) in [5.41, 5.74) is 6.90. The molecule has 0 fully saturated rings. The summed E-state index contributed by atoms with van der Waals surface area (Å²) in [4.78, 5) is 11.8. The SMILES string of the molecule is NCC#Cc1cccc(NC(=O)CCc2ccco2)c1. The van der Waals surface area contributed by atoms with E-state index in [1.165, 1.54) is 0 Å². The zero-order valence-electron chi connectivity index (χ0n) is 11.1. The van der Waals surface area contributed by atoms with Crippen molar-refractivity contribution in [1.29, 1.82) is 0 Å². The second-order valence-electron chi connectivity index (χ2n) is 4.21. The number of aryl methyl sites for hydroxylation is 1. The molecule has 0 saturated carbocycles. The number of hydrogen-bond donors (Lipinski definition) is 2. The number of nitrogens with two attached hydrogens (primary N) is 1. The number of anilines is 1. The lowest BCUT2D eigenvalue weighted by atomic mass is 10.2. The van der Waals surface area contributed by atoms with E-state index >= 15 is 0 Å². The van der Waals surface area contributed by atoms with Crippen molar-refractivity contribution in [1.82, 2.24) is 0 Å². The van der Waals surface area contributed by atoms with Crippen LogP contribution in [0, 0.1) is 11.8 Å². The molecule has 1 amide bonds. The summed E-state index contributed by atoms with van der Waals surface area (Å²) in [5.74, 6) is 6.47. The average Bonchev–Trinajstić information content (AvgIpc) is 2.97. The number of amides is 1. The molecule has 20 heavy (non-hydrogen) atoms. The van der Waals surface area contributed by atoms with Crippen molar-refractivity contribution in [3.63, 3.8) is 0 Å². The van der Waals surface area contributed by atoms with E-state index in [0.717, 1.165) is 17.0 Å². The van der Waals surface area contributed by atoms with E-state index in [2.05, 4.69) is 17.2 Å². The van der Waals surface area contributed by atoms with Gasteiger partial charge in [-0.1, -0.05) is 17.9 Å². The van der Waals surface area contributed by atoms with Gasteiger partial charge in [0.25, 0.3) is 0 Å². The normalized spacial score (nSPS) is 9.65. The quantitative estimate of drug-likeness (QED) is 0.835. The topological polar surface area (TPSA) is 68.3 Å². The maximum Gasteiger partial charge on any atom is 0.224 e. The van der Waals surface area contributed by atoms with Gasteiger partial charge in [0.1, 0.15) is 5.76 Å². The molecular weight excluding hydrogens is 252 g/mol. The van der Waals surface area contributed by atoms with Crippen molar-refractivity contribution in [2.24, 2.45) is 5.73 Å². The highest BCUT2D eigenvalue weighted by molar-refractivity contribution is 5.90. The van der Waals surface area contributed by atoms with E-state index in [1.54, 1.807) is 6.26 Å². The molecular formula is C16H16N2O2. The second-order valence-corrected chi connectivity index (χ2v) is 4.21. The number of nitrogens with one attached hydrogen (secondary N) is 1. The molecule has 0 spiro atoms. The minimum Gasteiger partial charge on any atom is -0.469 e. The molecule has 0 aliphatic carbocycles. The van der Waals surface area contributed by atoms with Gasteiger partial charge in [-0.25, -0.2) is 0 Å². The first-order valence-electron chi connectivity index (χ1n) is 6.39. The molecule has 0 saturated heterocycles. The van der Waals surface area contributed by atoms with Crippen LogP contribution in [-0.4, -0.2) is 12.5 Å². The zero-order chi connectivity index (χ0) is 14.2. The maximum absolute atomic E-state index is 11.8. The van der Waals surface area contributed by atoms with E-state index in [9.17, 15) is 4.79 Å². The monoisotopic (exact) mass is 268 g/mol. The third kappa shape index (κ3) is 4.30. The number of hydrogen-bond acceptors (Lipinski definition) is 3. The number of carbonyl (C=O) groups is 1. The van der Waals surface area contributed by atoms with Crippen LogP contribution in [0.4, 0.5) is 5.69 Å². The Kier molecular flexibility index (Phi) is 4.99. The highest BCUT2D eigenvalue weighted by Gasteiger charge is 2.04. The van der Waals surface area contributed by atoms with Gasteiger partial charge in [0.2, 0.25) is 5.91 Å². The van der Waals surface area contributed by atoms with Gasteiger partial charge in [0.05, 0.1) is 12.8 Å². The highest BCUT2D eigenvalue weighted by atomic mass is 16.3. The van der Waals surface area contributed by atoms with Gasteiger partial charge >= 0.3 is 0 Å². The summed E-state index contributed by atoms with van der Waals surface area (Å²) in [5, 5.41) is 2.84. The lowest BCUT2D eigenvalue weighted by Gasteiger charge is -2.04. The molecule has 102 valence electrons. The van der Waals surface area contributed by atoms with Crippen LogP contribution in [0.25, 0.3) is 0 Å². The van der Waals surface area contributed by atoms with Crippen LogP contribution in [-0.2, 0) is 11.2 Å². The summed E-state index contributed by atoms with van der Waals surface area (Å²) in [6, 6.07) is 11.1. The Bertz CT molecular complexity index is 621. The fraction of sp³-hybridized carbons (Fsp3) is 0.188. The number of rotatable bonds is 4. The molecule has 4 nitrogen and oxygen atoms in total. The minimum atomic E-state index is -0.0506. The summed E-state index contributed by atoms with van der Waals surface area (Å²) in [6.07, 6.45) is 2.57. The van der Waals surface area contributed by atoms with Crippen LogP contribution in [0.5, 0.6) is 0 Å². The van der Waals surface area contributed by atoms with Gasteiger partial charge in [-0.2, -0.15) is 0 Å².